The van der Waals surface area contributed by atoms with Crippen molar-refractivity contribution in [1.29, 1.82) is 0 Å². The van der Waals surface area contributed by atoms with E-state index in [0.717, 1.165) is 27.8 Å². The minimum absolute atomic E-state index is 0.303. The molecule has 0 aliphatic rings. The summed E-state index contributed by atoms with van der Waals surface area (Å²) in [5, 5.41) is 0. The lowest BCUT2D eigenvalue weighted by Gasteiger charge is -2.19. The van der Waals surface area contributed by atoms with Crippen molar-refractivity contribution >= 4 is 15.7 Å². The molecule has 2 rings (SSSR count). The van der Waals surface area contributed by atoms with Crippen LogP contribution in [0.3, 0.4) is 0 Å². The number of benzene rings is 2. The Morgan fingerprint density at radius 1 is 0.773 bits per heavy atom. The quantitative estimate of drug-likeness (QED) is 0.922. The highest BCUT2D eigenvalue weighted by Crippen LogP contribution is 2.30. The van der Waals surface area contributed by atoms with Crippen LogP contribution in [0.2, 0.25) is 0 Å². The molecule has 1 N–H and O–H groups in total. The summed E-state index contributed by atoms with van der Waals surface area (Å²) in [7, 11) is -3.72. The molecule has 0 fully saturated rings. The molecular formula is C17H20FNO2S. The van der Waals surface area contributed by atoms with Gasteiger partial charge >= 0.3 is 0 Å². The third kappa shape index (κ3) is 2.86. The van der Waals surface area contributed by atoms with E-state index in [4.69, 9.17) is 0 Å². The molecule has 0 aromatic heterocycles. The number of nitrogens with one attached hydrogen (secondary N) is 1. The van der Waals surface area contributed by atoms with Crippen LogP contribution in [0.1, 0.15) is 27.8 Å². The number of halogens is 1. The molecule has 2 aromatic rings. The van der Waals surface area contributed by atoms with E-state index in [2.05, 4.69) is 4.72 Å². The Kier molecular flexibility index (Phi) is 4.29. The lowest BCUT2D eigenvalue weighted by atomic mass is 9.95. The highest BCUT2D eigenvalue weighted by molar-refractivity contribution is 7.92. The van der Waals surface area contributed by atoms with Crippen LogP contribution in [-0.4, -0.2) is 8.42 Å². The summed E-state index contributed by atoms with van der Waals surface area (Å²) >= 11 is 0. The maximum Gasteiger partial charge on any atom is 0.262 e. The van der Waals surface area contributed by atoms with Crippen molar-refractivity contribution in [3.05, 3.63) is 57.9 Å². The summed E-state index contributed by atoms with van der Waals surface area (Å²) in [5.41, 5.74) is 4.89. The summed E-state index contributed by atoms with van der Waals surface area (Å²) in [6.45, 7) is 9.47. The fourth-order valence-electron chi connectivity index (χ4n) is 2.59. The van der Waals surface area contributed by atoms with Gasteiger partial charge in [-0.1, -0.05) is 0 Å². The molecule has 0 unspecified atom stereocenters. The number of hydrogen-bond acceptors (Lipinski definition) is 2. The molecule has 0 saturated heterocycles. The molecule has 0 aliphatic heterocycles. The second-order valence-electron chi connectivity index (χ2n) is 5.57. The van der Waals surface area contributed by atoms with Crippen molar-refractivity contribution in [2.45, 2.75) is 39.5 Å². The zero-order chi connectivity index (χ0) is 16.7. The average molecular weight is 321 g/mol. The topological polar surface area (TPSA) is 46.2 Å². The Balaban J connectivity index is 2.57. The highest BCUT2D eigenvalue weighted by Gasteiger charge is 2.23. The SMILES string of the molecule is Cc1c(C)c(C)c(S(=O)(=O)Nc2ccc(F)cc2)c(C)c1C. The van der Waals surface area contributed by atoms with Gasteiger partial charge in [0.05, 0.1) is 4.90 Å². The van der Waals surface area contributed by atoms with Crippen LogP contribution in [0.4, 0.5) is 10.1 Å². The van der Waals surface area contributed by atoms with Gasteiger partial charge in [0.1, 0.15) is 5.82 Å². The van der Waals surface area contributed by atoms with Crippen LogP contribution in [0.15, 0.2) is 29.2 Å². The van der Waals surface area contributed by atoms with Crippen LogP contribution >= 0.6 is 0 Å². The molecule has 0 heterocycles. The Hall–Kier alpha value is -1.88. The molecule has 0 aliphatic carbocycles. The molecule has 22 heavy (non-hydrogen) atoms. The van der Waals surface area contributed by atoms with Gasteiger partial charge in [-0.25, -0.2) is 12.8 Å². The summed E-state index contributed by atoms with van der Waals surface area (Å²) in [5.74, 6) is -0.405. The van der Waals surface area contributed by atoms with E-state index in [1.807, 2.05) is 34.6 Å². The lowest BCUT2D eigenvalue weighted by Crippen LogP contribution is -2.17. The molecule has 0 spiro atoms. The summed E-state index contributed by atoms with van der Waals surface area (Å²) < 4.78 is 40.9. The lowest BCUT2D eigenvalue weighted by molar-refractivity contribution is 0.599. The first-order chi connectivity index (χ1) is 10.1. The van der Waals surface area contributed by atoms with Gasteiger partial charge in [0.15, 0.2) is 0 Å². The van der Waals surface area contributed by atoms with Crippen LogP contribution in [0.25, 0.3) is 0 Å². The Morgan fingerprint density at radius 3 is 1.64 bits per heavy atom. The molecule has 2 aromatic carbocycles. The van der Waals surface area contributed by atoms with E-state index in [1.165, 1.54) is 24.3 Å². The first-order valence-electron chi connectivity index (χ1n) is 7.00. The summed E-state index contributed by atoms with van der Waals surface area (Å²) in [6.07, 6.45) is 0. The third-order valence-electron chi connectivity index (χ3n) is 4.30. The zero-order valence-corrected chi connectivity index (χ0v) is 14.2. The van der Waals surface area contributed by atoms with Crippen molar-refractivity contribution in [3.8, 4) is 0 Å². The van der Waals surface area contributed by atoms with Crippen molar-refractivity contribution in [2.24, 2.45) is 0 Å². The minimum Gasteiger partial charge on any atom is -0.280 e. The molecule has 0 radical (unpaired) electrons. The van der Waals surface area contributed by atoms with Gasteiger partial charge in [-0.05, 0) is 86.7 Å². The van der Waals surface area contributed by atoms with Gasteiger partial charge in [0.2, 0.25) is 0 Å². The molecule has 5 heteroatoms. The largest absolute Gasteiger partial charge is 0.280 e. The molecule has 118 valence electrons. The van der Waals surface area contributed by atoms with Gasteiger partial charge in [0, 0.05) is 5.69 Å². The smallest absolute Gasteiger partial charge is 0.262 e. The molecule has 0 bridgehead atoms. The molecule has 3 nitrogen and oxygen atoms in total. The predicted molar refractivity (Wildman–Crippen MR) is 87.3 cm³/mol. The van der Waals surface area contributed by atoms with Crippen LogP contribution in [0.5, 0.6) is 0 Å². The Labute approximate surface area is 131 Å². The normalized spacial score (nSPS) is 11.5. The molecule has 0 amide bonds. The minimum atomic E-state index is -3.72. The van der Waals surface area contributed by atoms with Gasteiger partial charge in [-0.15, -0.1) is 0 Å². The van der Waals surface area contributed by atoms with Crippen LogP contribution in [-0.2, 0) is 10.0 Å². The van der Waals surface area contributed by atoms with E-state index < -0.39 is 15.8 Å². The van der Waals surface area contributed by atoms with Crippen LogP contribution < -0.4 is 4.72 Å². The average Bonchev–Trinajstić information content (AvgIpc) is 2.45. The predicted octanol–water partition coefficient (Wildman–Crippen LogP) is 4.17. The van der Waals surface area contributed by atoms with Gasteiger partial charge in [-0.2, -0.15) is 0 Å². The van der Waals surface area contributed by atoms with E-state index in [0.29, 0.717) is 10.6 Å². The Bertz CT molecular complexity index is 796. The zero-order valence-electron chi connectivity index (χ0n) is 13.4. The van der Waals surface area contributed by atoms with Crippen molar-refractivity contribution in [3.63, 3.8) is 0 Å². The van der Waals surface area contributed by atoms with Crippen molar-refractivity contribution in [2.75, 3.05) is 4.72 Å². The maximum absolute atomic E-state index is 12.9. The van der Waals surface area contributed by atoms with Crippen LogP contribution in [0, 0.1) is 40.4 Å². The number of rotatable bonds is 3. The van der Waals surface area contributed by atoms with Gasteiger partial charge in [-0.3, -0.25) is 4.72 Å². The van der Waals surface area contributed by atoms with E-state index in [9.17, 15) is 12.8 Å². The second kappa shape index (κ2) is 5.72. The monoisotopic (exact) mass is 321 g/mol. The first kappa shape index (κ1) is 16.5. The van der Waals surface area contributed by atoms with Gasteiger partial charge in [0.25, 0.3) is 10.0 Å². The molecular weight excluding hydrogens is 301 g/mol. The fourth-order valence-corrected chi connectivity index (χ4v) is 4.25. The number of hydrogen-bond donors (Lipinski definition) is 1. The third-order valence-corrected chi connectivity index (χ3v) is 5.95. The van der Waals surface area contributed by atoms with Crippen molar-refractivity contribution in [1.82, 2.24) is 0 Å². The fraction of sp³-hybridized carbons (Fsp3) is 0.294. The van der Waals surface area contributed by atoms with E-state index >= 15 is 0 Å². The first-order valence-corrected chi connectivity index (χ1v) is 8.49. The van der Waals surface area contributed by atoms with Gasteiger partial charge < -0.3 is 0 Å². The highest BCUT2D eigenvalue weighted by atomic mass is 32.2. The maximum atomic E-state index is 12.9. The van der Waals surface area contributed by atoms with Crippen molar-refractivity contribution < 1.29 is 12.8 Å². The molecule has 0 saturated carbocycles. The van der Waals surface area contributed by atoms with E-state index in [-0.39, 0.29) is 0 Å². The molecule has 0 atom stereocenters. The second-order valence-corrected chi connectivity index (χ2v) is 7.19. The summed E-state index contributed by atoms with van der Waals surface area (Å²) in [6, 6.07) is 5.27. The van der Waals surface area contributed by atoms with E-state index in [1.54, 1.807) is 0 Å². The number of sulfonamides is 1. The Morgan fingerprint density at radius 2 is 1.18 bits per heavy atom. The number of anilines is 1. The standard InChI is InChI=1S/C17H20FNO2S/c1-10-11(2)13(4)17(14(5)12(10)3)22(20,21)19-16-8-6-15(18)7-9-16/h6-9,19H,1-5H3. The summed E-state index contributed by atoms with van der Waals surface area (Å²) in [4.78, 5) is 0.303.